The number of halogens is 1. The fourth-order valence-electron chi connectivity index (χ4n) is 1.82. The lowest BCUT2D eigenvalue weighted by molar-refractivity contribution is 0.188. The van der Waals surface area contributed by atoms with Crippen LogP contribution >= 0.6 is 22.6 Å². The molecule has 0 atom stereocenters. The maximum absolute atomic E-state index is 8.85. The maximum Gasteiger partial charge on any atom is 0.151 e. The van der Waals surface area contributed by atoms with Crippen LogP contribution in [0.25, 0.3) is 0 Å². The predicted octanol–water partition coefficient (Wildman–Crippen LogP) is 0.195. The number of hydrogen-bond donors (Lipinski definition) is 1. The summed E-state index contributed by atoms with van der Waals surface area (Å²) in [5, 5.41) is 17.1. The third-order valence-corrected chi connectivity index (χ3v) is 3.31. The Morgan fingerprint density at radius 1 is 1.19 bits per heavy atom. The molecule has 0 aromatic carbocycles. The number of aliphatic hydroxyl groups excluding tert-OH is 1. The summed E-state index contributed by atoms with van der Waals surface area (Å²) in [5.41, 5.74) is 0. The van der Waals surface area contributed by atoms with Crippen LogP contribution in [-0.2, 0) is 0 Å². The van der Waals surface area contributed by atoms with E-state index < -0.39 is 0 Å². The smallest absolute Gasteiger partial charge is 0.151 e. The van der Waals surface area contributed by atoms with Gasteiger partial charge in [-0.2, -0.15) is 0 Å². The zero-order chi connectivity index (χ0) is 11.4. The van der Waals surface area contributed by atoms with Crippen LogP contribution < -0.4 is 4.90 Å². The molecule has 0 unspecified atom stereocenters. The highest BCUT2D eigenvalue weighted by Gasteiger charge is 2.17. The average molecular weight is 334 g/mol. The SMILES string of the molecule is OCCN1CCN(c2ccc(I)nn2)CC1. The lowest BCUT2D eigenvalue weighted by Crippen LogP contribution is -2.47. The second-order valence-corrected chi connectivity index (χ2v) is 4.87. The van der Waals surface area contributed by atoms with Crippen molar-refractivity contribution in [2.45, 2.75) is 0 Å². The van der Waals surface area contributed by atoms with Crippen molar-refractivity contribution < 1.29 is 5.11 Å². The van der Waals surface area contributed by atoms with Crippen molar-refractivity contribution in [3.63, 3.8) is 0 Å². The van der Waals surface area contributed by atoms with Gasteiger partial charge in [-0.15, -0.1) is 10.2 Å². The molecule has 5 nitrogen and oxygen atoms in total. The van der Waals surface area contributed by atoms with Gasteiger partial charge in [-0.3, -0.25) is 4.90 Å². The van der Waals surface area contributed by atoms with Crippen LogP contribution in [0.4, 0.5) is 5.82 Å². The van der Waals surface area contributed by atoms with E-state index in [0.717, 1.165) is 42.2 Å². The van der Waals surface area contributed by atoms with E-state index in [2.05, 4.69) is 42.6 Å². The van der Waals surface area contributed by atoms with Crippen molar-refractivity contribution in [1.29, 1.82) is 0 Å². The zero-order valence-electron chi connectivity index (χ0n) is 9.01. The molecule has 0 bridgehead atoms. The molecule has 1 aliphatic rings. The molecule has 6 heteroatoms. The summed E-state index contributed by atoms with van der Waals surface area (Å²) < 4.78 is 0.917. The topological polar surface area (TPSA) is 52.5 Å². The predicted molar refractivity (Wildman–Crippen MR) is 70.5 cm³/mol. The molecule has 1 N–H and O–H groups in total. The number of rotatable bonds is 3. The van der Waals surface area contributed by atoms with Crippen LogP contribution in [0.3, 0.4) is 0 Å². The monoisotopic (exact) mass is 334 g/mol. The van der Waals surface area contributed by atoms with E-state index in [-0.39, 0.29) is 6.61 Å². The highest BCUT2D eigenvalue weighted by Crippen LogP contribution is 2.12. The molecular formula is C10H15IN4O. The Balaban J connectivity index is 1.91. The Kier molecular flexibility index (Phi) is 4.30. The molecule has 0 radical (unpaired) electrons. The van der Waals surface area contributed by atoms with E-state index in [1.165, 1.54) is 0 Å². The second kappa shape index (κ2) is 5.74. The van der Waals surface area contributed by atoms with Gasteiger partial charge in [0.2, 0.25) is 0 Å². The molecule has 1 aliphatic heterocycles. The zero-order valence-corrected chi connectivity index (χ0v) is 11.2. The van der Waals surface area contributed by atoms with Gasteiger partial charge < -0.3 is 10.0 Å². The molecule has 1 aromatic heterocycles. The average Bonchev–Trinajstić information content (AvgIpc) is 2.32. The van der Waals surface area contributed by atoms with E-state index in [0.29, 0.717) is 0 Å². The Hall–Kier alpha value is -0.470. The summed E-state index contributed by atoms with van der Waals surface area (Å²) in [4.78, 5) is 4.49. The third kappa shape index (κ3) is 3.02. The van der Waals surface area contributed by atoms with Crippen molar-refractivity contribution in [2.24, 2.45) is 0 Å². The summed E-state index contributed by atoms with van der Waals surface area (Å²) in [6.07, 6.45) is 0. The van der Waals surface area contributed by atoms with Crippen LogP contribution in [-0.4, -0.2) is 59.5 Å². The second-order valence-electron chi connectivity index (χ2n) is 3.77. The summed E-state index contributed by atoms with van der Waals surface area (Å²) in [5.74, 6) is 0.948. The number of piperazine rings is 1. The van der Waals surface area contributed by atoms with E-state index in [1.54, 1.807) is 0 Å². The number of aliphatic hydroxyl groups is 1. The summed E-state index contributed by atoms with van der Waals surface area (Å²) in [6.45, 7) is 4.88. The van der Waals surface area contributed by atoms with Crippen molar-refractivity contribution in [3.8, 4) is 0 Å². The molecule has 1 aromatic rings. The lowest BCUT2D eigenvalue weighted by Gasteiger charge is -2.34. The Morgan fingerprint density at radius 2 is 1.94 bits per heavy atom. The van der Waals surface area contributed by atoms with Gasteiger partial charge in [0.25, 0.3) is 0 Å². The third-order valence-electron chi connectivity index (χ3n) is 2.73. The van der Waals surface area contributed by atoms with Gasteiger partial charge in [-0.05, 0) is 34.7 Å². The number of hydrogen-bond acceptors (Lipinski definition) is 5. The minimum atomic E-state index is 0.239. The number of aromatic nitrogens is 2. The van der Waals surface area contributed by atoms with Gasteiger partial charge in [-0.25, -0.2) is 0 Å². The minimum absolute atomic E-state index is 0.239. The number of nitrogens with zero attached hydrogens (tertiary/aromatic N) is 4. The number of anilines is 1. The molecular weight excluding hydrogens is 319 g/mol. The molecule has 0 spiro atoms. The molecule has 0 saturated carbocycles. The largest absolute Gasteiger partial charge is 0.395 e. The van der Waals surface area contributed by atoms with Crippen molar-refractivity contribution in [1.82, 2.24) is 15.1 Å². The molecule has 2 rings (SSSR count). The van der Waals surface area contributed by atoms with Crippen molar-refractivity contribution >= 4 is 28.4 Å². The Bertz CT molecular complexity index is 324. The van der Waals surface area contributed by atoms with Crippen LogP contribution in [0.2, 0.25) is 0 Å². The molecule has 16 heavy (non-hydrogen) atoms. The normalized spacial score (nSPS) is 17.8. The molecule has 2 heterocycles. The van der Waals surface area contributed by atoms with Crippen LogP contribution in [0.5, 0.6) is 0 Å². The molecule has 1 saturated heterocycles. The molecule has 88 valence electrons. The summed E-state index contributed by atoms with van der Waals surface area (Å²) in [7, 11) is 0. The maximum atomic E-state index is 8.85. The standard InChI is InChI=1S/C10H15IN4O/c11-9-1-2-10(13-12-9)15-5-3-14(4-6-15)7-8-16/h1-2,16H,3-8H2. The molecule has 1 fully saturated rings. The van der Waals surface area contributed by atoms with Crippen LogP contribution in [0.15, 0.2) is 12.1 Å². The fraction of sp³-hybridized carbons (Fsp3) is 0.600. The quantitative estimate of drug-likeness (QED) is 0.801. The van der Waals surface area contributed by atoms with Gasteiger partial charge >= 0.3 is 0 Å². The van der Waals surface area contributed by atoms with Gasteiger partial charge in [-0.1, -0.05) is 0 Å². The van der Waals surface area contributed by atoms with Gasteiger partial charge in [0.05, 0.1) is 6.61 Å². The van der Waals surface area contributed by atoms with Gasteiger partial charge in [0.1, 0.15) is 3.70 Å². The first-order valence-corrected chi connectivity index (χ1v) is 6.45. The number of β-amino-alcohol motifs (C(OH)–C–C–N with tert-alkyl or cyclic N) is 1. The van der Waals surface area contributed by atoms with Gasteiger partial charge in [0.15, 0.2) is 5.82 Å². The van der Waals surface area contributed by atoms with Crippen LogP contribution in [0.1, 0.15) is 0 Å². The summed E-state index contributed by atoms with van der Waals surface area (Å²) in [6, 6.07) is 3.99. The minimum Gasteiger partial charge on any atom is -0.395 e. The first-order chi connectivity index (χ1) is 7.79. The van der Waals surface area contributed by atoms with E-state index in [4.69, 9.17) is 5.11 Å². The first kappa shape index (κ1) is 12.0. The van der Waals surface area contributed by atoms with E-state index >= 15 is 0 Å². The molecule has 0 amide bonds. The van der Waals surface area contributed by atoms with Crippen LogP contribution in [0, 0.1) is 3.70 Å². The fourth-order valence-corrected chi connectivity index (χ4v) is 2.11. The first-order valence-electron chi connectivity index (χ1n) is 5.37. The highest BCUT2D eigenvalue weighted by atomic mass is 127. The van der Waals surface area contributed by atoms with Crippen molar-refractivity contribution in [3.05, 3.63) is 15.8 Å². The lowest BCUT2D eigenvalue weighted by atomic mass is 10.3. The Morgan fingerprint density at radius 3 is 2.50 bits per heavy atom. The van der Waals surface area contributed by atoms with Crippen molar-refractivity contribution in [2.75, 3.05) is 44.2 Å². The Labute approximate surface area is 109 Å². The summed E-state index contributed by atoms with van der Waals surface area (Å²) >= 11 is 2.15. The van der Waals surface area contributed by atoms with E-state index in [1.807, 2.05) is 12.1 Å². The van der Waals surface area contributed by atoms with Gasteiger partial charge in [0, 0.05) is 32.7 Å². The highest BCUT2D eigenvalue weighted by molar-refractivity contribution is 14.1. The van der Waals surface area contributed by atoms with E-state index in [9.17, 15) is 0 Å². The molecule has 0 aliphatic carbocycles.